The molecule has 0 spiro atoms. The maximum Gasteiger partial charge on any atom is 0.180 e. The van der Waals surface area contributed by atoms with E-state index in [0.717, 1.165) is 33.4 Å². The van der Waals surface area contributed by atoms with Crippen molar-refractivity contribution < 1.29 is 0 Å². The van der Waals surface area contributed by atoms with E-state index in [1.165, 1.54) is 11.3 Å². The molecule has 3 rings (SSSR count). The van der Waals surface area contributed by atoms with Crippen molar-refractivity contribution in [1.29, 1.82) is 0 Å². The Labute approximate surface area is 120 Å². The summed E-state index contributed by atoms with van der Waals surface area (Å²) in [4.78, 5) is 8.95. The third-order valence-corrected chi connectivity index (χ3v) is 3.89. The van der Waals surface area contributed by atoms with Crippen LogP contribution in [0, 0.1) is 13.8 Å². The van der Waals surface area contributed by atoms with E-state index in [4.69, 9.17) is 17.3 Å². The lowest BCUT2D eigenvalue weighted by Gasteiger charge is -2.08. The van der Waals surface area contributed by atoms with E-state index in [1.807, 2.05) is 37.4 Å². The normalized spacial score (nSPS) is 11.1. The maximum atomic E-state index is 6.16. The quantitative estimate of drug-likeness (QED) is 0.730. The van der Waals surface area contributed by atoms with E-state index in [0.29, 0.717) is 10.2 Å². The maximum absolute atomic E-state index is 6.16. The number of fused-ring (bicyclic) bond motifs is 1. The fourth-order valence-electron chi connectivity index (χ4n) is 2.21. The molecule has 96 valence electrons. The molecule has 19 heavy (non-hydrogen) atoms. The van der Waals surface area contributed by atoms with E-state index in [2.05, 4.69) is 9.97 Å². The van der Waals surface area contributed by atoms with Gasteiger partial charge in [-0.15, -0.1) is 11.3 Å². The number of aromatic nitrogens is 2. The number of nitrogen functional groups attached to an aromatic ring is 1. The zero-order valence-corrected chi connectivity index (χ0v) is 12.1. The van der Waals surface area contributed by atoms with Crippen molar-refractivity contribution in [2.75, 3.05) is 5.73 Å². The first-order valence-electron chi connectivity index (χ1n) is 5.83. The SMILES string of the molecule is Cc1cc(-c2csc(N)n2)c2cc(Cl)cc(C)c2n1. The Morgan fingerprint density at radius 2 is 1.95 bits per heavy atom. The molecule has 0 aliphatic carbocycles. The Hall–Kier alpha value is -1.65. The van der Waals surface area contributed by atoms with Crippen LogP contribution in [0.4, 0.5) is 5.13 Å². The molecule has 5 heteroatoms. The zero-order chi connectivity index (χ0) is 13.6. The topological polar surface area (TPSA) is 51.8 Å². The van der Waals surface area contributed by atoms with E-state index < -0.39 is 0 Å². The van der Waals surface area contributed by atoms with Crippen molar-refractivity contribution in [3.05, 3.63) is 39.9 Å². The van der Waals surface area contributed by atoms with E-state index in [-0.39, 0.29) is 0 Å². The molecule has 1 aromatic carbocycles. The van der Waals surface area contributed by atoms with Gasteiger partial charge in [0.25, 0.3) is 0 Å². The summed E-state index contributed by atoms with van der Waals surface area (Å²) < 4.78 is 0. The Morgan fingerprint density at radius 3 is 2.63 bits per heavy atom. The molecule has 0 saturated heterocycles. The van der Waals surface area contributed by atoms with Crippen LogP contribution in [0.15, 0.2) is 23.6 Å². The number of nitrogens with two attached hydrogens (primary N) is 1. The van der Waals surface area contributed by atoms with Crippen molar-refractivity contribution in [2.45, 2.75) is 13.8 Å². The largest absolute Gasteiger partial charge is 0.375 e. The molecule has 0 radical (unpaired) electrons. The second-order valence-electron chi connectivity index (χ2n) is 4.50. The number of nitrogens with zero attached hydrogens (tertiary/aromatic N) is 2. The van der Waals surface area contributed by atoms with Crippen LogP contribution >= 0.6 is 22.9 Å². The summed E-state index contributed by atoms with van der Waals surface area (Å²) in [5, 5.41) is 4.25. The summed E-state index contributed by atoms with van der Waals surface area (Å²) in [5.41, 5.74) is 10.6. The summed E-state index contributed by atoms with van der Waals surface area (Å²) in [6.07, 6.45) is 0. The van der Waals surface area contributed by atoms with Crippen LogP contribution in [-0.2, 0) is 0 Å². The summed E-state index contributed by atoms with van der Waals surface area (Å²) in [5.74, 6) is 0. The van der Waals surface area contributed by atoms with Crippen LogP contribution in [0.2, 0.25) is 5.02 Å². The van der Waals surface area contributed by atoms with Gasteiger partial charge in [-0.05, 0) is 37.6 Å². The summed E-state index contributed by atoms with van der Waals surface area (Å²) in [6.45, 7) is 3.99. The van der Waals surface area contributed by atoms with Gasteiger partial charge in [0.15, 0.2) is 5.13 Å². The average molecular weight is 290 g/mol. The van der Waals surface area contributed by atoms with Gasteiger partial charge in [-0.2, -0.15) is 0 Å². The molecule has 0 amide bonds. The Morgan fingerprint density at radius 1 is 1.16 bits per heavy atom. The first-order chi connectivity index (χ1) is 9.04. The molecule has 2 heterocycles. The molecular formula is C14H12ClN3S. The first-order valence-corrected chi connectivity index (χ1v) is 7.09. The van der Waals surface area contributed by atoms with E-state index >= 15 is 0 Å². The standard InChI is InChI=1S/C14H12ClN3S/c1-7-3-9(15)5-11-10(4-8(2)17-13(7)11)12-6-19-14(16)18-12/h3-6H,1-2H3,(H2,16,18). The van der Waals surface area contributed by atoms with Gasteiger partial charge in [-0.1, -0.05) is 11.6 Å². The molecule has 0 unspecified atom stereocenters. The highest BCUT2D eigenvalue weighted by Crippen LogP contribution is 2.33. The number of benzene rings is 1. The molecule has 0 fully saturated rings. The van der Waals surface area contributed by atoms with Crippen LogP contribution in [0.1, 0.15) is 11.3 Å². The van der Waals surface area contributed by atoms with E-state index in [9.17, 15) is 0 Å². The van der Waals surface area contributed by atoms with Crippen molar-refractivity contribution in [3.8, 4) is 11.3 Å². The molecule has 3 aromatic rings. The number of aryl methyl sites for hydroxylation is 2. The molecule has 0 saturated carbocycles. The predicted molar refractivity (Wildman–Crippen MR) is 81.7 cm³/mol. The molecule has 0 bridgehead atoms. The Bertz CT molecular complexity index is 780. The van der Waals surface area contributed by atoms with Crippen molar-refractivity contribution >= 4 is 39.0 Å². The van der Waals surface area contributed by atoms with Gasteiger partial charge >= 0.3 is 0 Å². The lowest BCUT2D eigenvalue weighted by atomic mass is 10.0. The number of thiazole rings is 1. The van der Waals surface area contributed by atoms with Crippen LogP contribution in [0.5, 0.6) is 0 Å². The minimum absolute atomic E-state index is 0.566. The highest BCUT2D eigenvalue weighted by atomic mass is 35.5. The van der Waals surface area contributed by atoms with Crippen molar-refractivity contribution in [2.24, 2.45) is 0 Å². The van der Waals surface area contributed by atoms with Crippen molar-refractivity contribution in [3.63, 3.8) is 0 Å². The van der Waals surface area contributed by atoms with Gasteiger partial charge in [0, 0.05) is 27.0 Å². The van der Waals surface area contributed by atoms with Crippen LogP contribution in [-0.4, -0.2) is 9.97 Å². The molecule has 2 aromatic heterocycles. The number of rotatable bonds is 1. The summed E-state index contributed by atoms with van der Waals surface area (Å²) in [7, 11) is 0. The van der Waals surface area contributed by atoms with Crippen LogP contribution in [0.25, 0.3) is 22.2 Å². The number of anilines is 1. The zero-order valence-electron chi connectivity index (χ0n) is 10.6. The molecule has 0 aliphatic heterocycles. The van der Waals surface area contributed by atoms with Crippen LogP contribution < -0.4 is 5.73 Å². The minimum Gasteiger partial charge on any atom is -0.375 e. The molecule has 0 atom stereocenters. The third-order valence-electron chi connectivity index (χ3n) is 2.99. The molecule has 3 nitrogen and oxygen atoms in total. The second-order valence-corrected chi connectivity index (χ2v) is 5.83. The van der Waals surface area contributed by atoms with Gasteiger partial charge in [-0.3, -0.25) is 4.98 Å². The first kappa shape index (κ1) is 12.4. The second kappa shape index (κ2) is 4.47. The van der Waals surface area contributed by atoms with Gasteiger partial charge in [-0.25, -0.2) is 4.98 Å². The van der Waals surface area contributed by atoms with Gasteiger partial charge in [0.2, 0.25) is 0 Å². The lowest BCUT2D eigenvalue weighted by molar-refractivity contribution is 1.24. The predicted octanol–water partition coefficient (Wildman–Crippen LogP) is 4.21. The lowest BCUT2D eigenvalue weighted by Crippen LogP contribution is -1.92. The Kier molecular flexibility index (Phi) is 2.92. The fraction of sp³-hybridized carbons (Fsp3) is 0.143. The van der Waals surface area contributed by atoms with Gasteiger partial charge in [0.1, 0.15) is 0 Å². The molecule has 2 N–H and O–H groups in total. The Balaban J connectivity index is 2.40. The number of hydrogen-bond donors (Lipinski definition) is 1. The highest BCUT2D eigenvalue weighted by Gasteiger charge is 2.11. The number of halogens is 1. The third kappa shape index (κ3) is 2.17. The smallest absolute Gasteiger partial charge is 0.180 e. The van der Waals surface area contributed by atoms with Gasteiger partial charge < -0.3 is 5.73 Å². The monoisotopic (exact) mass is 289 g/mol. The van der Waals surface area contributed by atoms with Crippen LogP contribution in [0.3, 0.4) is 0 Å². The average Bonchev–Trinajstić information content (AvgIpc) is 2.76. The van der Waals surface area contributed by atoms with Crippen molar-refractivity contribution in [1.82, 2.24) is 9.97 Å². The van der Waals surface area contributed by atoms with Gasteiger partial charge in [0.05, 0.1) is 11.2 Å². The number of hydrogen-bond acceptors (Lipinski definition) is 4. The number of pyridine rings is 1. The molecule has 0 aliphatic rings. The summed E-state index contributed by atoms with van der Waals surface area (Å²) in [6, 6.07) is 5.88. The van der Waals surface area contributed by atoms with E-state index in [1.54, 1.807) is 0 Å². The summed E-state index contributed by atoms with van der Waals surface area (Å²) >= 11 is 7.59. The minimum atomic E-state index is 0.566. The molecular weight excluding hydrogens is 278 g/mol. The highest BCUT2D eigenvalue weighted by molar-refractivity contribution is 7.13. The fourth-order valence-corrected chi connectivity index (χ4v) is 3.04.